The van der Waals surface area contributed by atoms with E-state index in [4.69, 9.17) is 0 Å². The van der Waals surface area contributed by atoms with E-state index in [0.29, 0.717) is 16.6 Å². The van der Waals surface area contributed by atoms with Crippen molar-refractivity contribution >= 4 is 35.1 Å². The summed E-state index contributed by atoms with van der Waals surface area (Å²) in [5.74, 6) is -0.884. The van der Waals surface area contributed by atoms with E-state index in [9.17, 15) is 14.4 Å². The highest BCUT2D eigenvalue weighted by Gasteiger charge is 2.34. The van der Waals surface area contributed by atoms with Crippen LogP contribution in [0.2, 0.25) is 0 Å². The lowest BCUT2D eigenvalue weighted by molar-refractivity contribution is -0.123. The number of benzene rings is 2. The summed E-state index contributed by atoms with van der Waals surface area (Å²) >= 11 is 1.37. The van der Waals surface area contributed by atoms with Gasteiger partial charge in [-0.15, -0.1) is 0 Å². The Morgan fingerprint density at radius 3 is 2.63 bits per heavy atom. The second kappa shape index (κ2) is 8.54. The number of hydrogen-bond donors (Lipinski definition) is 3. The third-order valence-corrected chi connectivity index (χ3v) is 5.83. The summed E-state index contributed by atoms with van der Waals surface area (Å²) in [5.41, 5.74) is 2.65. The molecular weight excluding hydrogens is 400 g/mol. The van der Waals surface area contributed by atoms with Gasteiger partial charge in [-0.1, -0.05) is 54.2 Å². The Balaban J connectivity index is 1.59. The first-order chi connectivity index (χ1) is 14.5. The van der Waals surface area contributed by atoms with Gasteiger partial charge >= 0.3 is 0 Å². The third-order valence-electron chi connectivity index (χ3n) is 4.91. The Labute approximate surface area is 177 Å². The largest absolute Gasteiger partial charge is 0.326 e. The maximum absolute atomic E-state index is 12.8. The molecule has 2 heterocycles. The Bertz CT molecular complexity index is 1160. The number of hydrogen-bond acceptors (Lipinski definition) is 5. The molecule has 152 valence electrons. The first-order valence-corrected chi connectivity index (χ1v) is 10.5. The van der Waals surface area contributed by atoms with Crippen LogP contribution in [0.3, 0.4) is 0 Å². The summed E-state index contributed by atoms with van der Waals surface area (Å²) in [6.07, 6.45) is -0.105. The van der Waals surface area contributed by atoms with E-state index < -0.39 is 17.4 Å². The van der Waals surface area contributed by atoms with Crippen molar-refractivity contribution in [3.63, 3.8) is 0 Å². The number of nitrogens with zero attached hydrogens (tertiary/aromatic N) is 1. The summed E-state index contributed by atoms with van der Waals surface area (Å²) in [7, 11) is 0. The van der Waals surface area contributed by atoms with Crippen molar-refractivity contribution in [1.82, 2.24) is 9.97 Å². The first kappa shape index (κ1) is 19.9. The van der Waals surface area contributed by atoms with Crippen LogP contribution in [0.15, 0.2) is 64.5 Å². The molecule has 0 radical (unpaired) electrons. The normalized spacial score (nSPS) is 15.2. The van der Waals surface area contributed by atoms with Crippen LogP contribution in [0.4, 0.5) is 11.5 Å². The Morgan fingerprint density at radius 2 is 1.87 bits per heavy atom. The minimum Gasteiger partial charge on any atom is -0.326 e. The van der Waals surface area contributed by atoms with Crippen LogP contribution in [-0.2, 0) is 15.3 Å². The summed E-state index contributed by atoms with van der Waals surface area (Å²) in [5, 5.41) is 5.79. The van der Waals surface area contributed by atoms with Gasteiger partial charge in [0.05, 0.1) is 11.5 Å². The number of carbonyl (C=O) groups is 2. The van der Waals surface area contributed by atoms with Crippen LogP contribution in [0.5, 0.6) is 0 Å². The maximum atomic E-state index is 12.8. The summed E-state index contributed by atoms with van der Waals surface area (Å²) in [6, 6.07) is 16.9. The second-order valence-corrected chi connectivity index (χ2v) is 7.97. The average Bonchev–Trinajstić information content (AvgIpc) is 2.73. The Kier molecular flexibility index (Phi) is 5.67. The van der Waals surface area contributed by atoms with Gasteiger partial charge in [-0.05, 0) is 30.2 Å². The predicted octanol–water partition coefficient (Wildman–Crippen LogP) is 3.44. The molecule has 1 aliphatic rings. The van der Waals surface area contributed by atoms with Gasteiger partial charge in [-0.2, -0.15) is 0 Å². The van der Waals surface area contributed by atoms with E-state index in [-0.39, 0.29) is 23.7 Å². The molecule has 1 aliphatic heterocycles. The van der Waals surface area contributed by atoms with Gasteiger partial charge in [-0.3, -0.25) is 14.4 Å². The lowest BCUT2D eigenvalue weighted by Gasteiger charge is -2.23. The van der Waals surface area contributed by atoms with E-state index in [0.717, 1.165) is 11.1 Å². The van der Waals surface area contributed by atoms with Crippen molar-refractivity contribution < 1.29 is 9.59 Å². The average molecular weight is 420 g/mol. The van der Waals surface area contributed by atoms with E-state index >= 15 is 0 Å². The molecule has 0 saturated heterocycles. The molecule has 1 aromatic heterocycles. The third kappa shape index (κ3) is 4.28. The number of para-hydroxylation sites is 1. The van der Waals surface area contributed by atoms with Gasteiger partial charge in [0.2, 0.25) is 11.8 Å². The summed E-state index contributed by atoms with van der Waals surface area (Å²) in [4.78, 5) is 44.9. The Hall–Kier alpha value is -3.39. The van der Waals surface area contributed by atoms with Gasteiger partial charge in [0, 0.05) is 17.9 Å². The van der Waals surface area contributed by atoms with Crippen molar-refractivity contribution in [2.45, 2.75) is 30.2 Å². The SMILES string of the molecule is Cc1ccccc1CSc1nc2c(c(=O)[nH]1)C(C(=O)Nc1ccccc1)CC(=O)N2. The molecule has 8 heteroatoms. The zero-order chi connectivity index (χ0) is 21.1. The minimum atomic E-state index is -0.902. The van der Waals surface area contributed by atoms with Crippen molar-refractivity contribution in [3.05, 3.63) is 81.6 Å². The molecule has 7 nitrogen and oxygen atoms in total. The molecule has 1 atom stereocenters. The number of carbonyl (C=O) groups excluding carboxylic acids is 2. The number of aryl methyl sites for hydroxylation is 1. The molecule has 0 aliphatic carbocycles. The van der Waals surface area contributed by atoms with Crippen LogP contribution in [-0.4, -0.2) is 21.8 Å². The molecule has 3 N–H and O–H groups in total. The van der Waals surface area contributed by atoms with Crippen molar-refractivity contribution in [1.29, 1.82) is 0 Å². The fourth-order valence-electron chi connectivity index (χ4n) is 3.31. The van der Waals surface area contributed by atoms with Gasteiger partial charge in [-0.25, -0.2) is 4.98 Å². The van der Waals surface area contributed by atoms with Crippen molar-refractivity contribution in [3.8, 4) is 0 Å². The fourth-order valence-corrected chi connectivity index (χ4v) is 4.25. The van der Waals surface area contributed by atoms with Crippen LogP contribution in [0.1, 0.15) is 29.0 Å². The number of rotatable bonds is 5. The van der Waals surface area contributed by atoms with Gasteiger partial charge < -0.3 is 15.6 Å². The molecule has 0 fully saturated rings. The lowest BCUT2D eigenvalue weighted by atomic mass is 9.92. The van der Waals surface area contributed by atoms with Crippen molar-refractivity contribution in [2.75, 3.05) is 10.6 Å². The molecule has 0 bridgehead atoms. The molecule has 0 spiro atoms. The van der Waals surface area contributed by atoms with Gasteiger partial charge in [0.15, 0.2) is 5.16 Å². The number of thioether (sulfide) groups is 1. The van der Waals surface area contributed by atoms with Crippen LogP contribution in [0.25, 0.3) is 0 Å². The first-order valence-electron chi connectivity index (χ1n) is 9.48. The lowest BCUT2D eigenvalue weighted by Crippen LogP contribution is -2.36. The van der Waals surface area contributed by atoms with E-state index in [1.165, 1.54) is 11.8 Å². The summed E-state index contributed by atoms with van der Waals surface area (Å²) in [6.45, 7) is 2.02. The smallest absolute Gasteiger partial charge is 0.257 e. The van der Waals surface area contributed by atoms with Crippen LogP contribution >= 0.6 is 11.8 Å². The number of aromatic nitrogens is 2. The molecule has 2 amide bonds. The predicted molar refractivity (Wildman–Crippen MR) is 117 cm³/mol. The fraction of sp³-hybridized carbons (Fsp3) is 0.182. The van der Waals surface area contributed by atoms with E-state index in [1.54, 1.807) is 24.3 Å². The second-order valence-electron chi connectivity index (χ2n) is 7.01. The molecule has 4 rings (SSSR count). The van der Waals surface area contributed by atoms with Crippen LogP contribution in [0, 0.1) is 6.92 Å². The highest BCUT2D eigenvalue weighted by atomic mass is 32.2. The highest BCUT2D eigenvalue weighted by Crippen LogP contribution is 2.31. The number of H-pyrrole nitrogens is 1. The van der Waals surface area contributed by atoms with Crippen molar-refractivity contribution in [2.24, 2.45) is 0 Å². The zero-order valence-electron chi connectivity index (χ0n) is 16.3. The number of nitrogens with one attached hydrogen (secondary N) is 3. The standard InChI is InChI=1S/C22H20N4O3S/c1-13-7-5-6-8-14(13)12-30-22-25-19-18(21(29)26-22)16(11-17(27)24-19)20(28)23-15-9-3-2-4-10-15/h2-10,16H,11-12H2,1H3,(H,23,28)(H2,24,25,26,27,29). The summed E-state index contributed by atoms with van der Waals surface area (Å²) < 4.78 is 0. The topological polar surface area (TPSA) is 104 Å². The van der Waals surface area contributed by atoms with E-state index in [1.807, 2.05) is 37.3 Å². The molecular formula is C22H20N4O3S. The number of aromatic amines is 1. The number of anilines is 2. The molecule has 0 saturated carbocycles. The molecule has 3 aromatic rings. The molecule has 2 aromatic carbocycles. The monoisotopic (exact) mass is 420 g/mol. The number of fused-ring (bicyclic) bond motifs is 1. The van der Waals surface area contributed by atoms with Crippen LogP contribution < -0.4 is 16.2 Å². The van der Waals surface area contributed by atoms with Gasteiger partial charge in [0.1, 0.15) is 5.82 Å². The number of amides is 2. The van der Waals surface area contributed by atoms with E-state index in [2.05, 4.69) is 20.6 Å². The quantitative estimate of drug-likeness (QED) is 0.433. The zero-order valence-corrected chi connectivity index (χ0v) is 17.1. The minimum absolute atomic E-state index is 0.105. The van der Waals surface area contributed by atoms with Gasteiger partial charge in [0.25, 0.3) is 5.56 Å². The molecule has 30 heavy (non-hydrogen) atoms. The Morgan fingerprint density at radius 1 is 1.13 bits per heavy atom. The highest BCUT2D eigenvalue weighted by molar-refractivity contribution is 7.98. The maximum Gasteiger partial charge on any atom is 0.257 e. The molecule has 1 unspecified atom stereocenters.